The monoisotopic (exact) mass is 426 g/mol. The summed E-state index contributed by atoms with van der Waals surface area (Å²) in [5.74, 6) is 3.66. The zero-order chi connectivity index (χ0) is 23.0. The van der Waals surface area contributed by atoms with E-state index in [1.807, 2.05) is 0 Å². The first-order valence-electron chi connectivity index (χ1n) is 13.2. The van der Waals surface area contributed by atoms with Crippen LogP contribution in [-0.4, -0.2) is 11.2 Å². The fourth-order valence-corrected chi connectivity index (χ4v) is 7.14. The summed E-state index contributed by atoms with van der Waals surface area (Å²) >= 11 is 0. The first kappa shape index (κ1) is 24.8. The molecule has 31 heavy (non-hydrogen) atoms. The van der Waals surface area contributed by atoms with Crippen molar-refractivity contribution in [2.45, 2.75) is 112 Å². The summed E-state index contributed by atoms with van der Waals surface area (Å²) < 4.78 is 0. The van der Waals surface area contributed by atoms with Gasteiger partial charge < -0.3 is 5.11 Å². The lowest BCUT2D eigenvalue weighted by Gasteiger charge is -2.45. The second-order valence-corrected chi connectivity index (χ2v) is 13.0. The lowest BCUT2D eigenvalue weighted by molar-refractivity contribution is 0.0714. The Morgan fingerprint density at radius 2 is 1.87 bits per heavy atom. The minimum Gasteiger partial charge on any atom is -0.388 e. The van der Waals surface area contributed by atoms with Crippen LogP contribution in [-0.2, 0) is 0 Å². The highest BCUT2D eigenvalue weighted by Gasteiger charge is 2.51. The first-order valence-corrected chi connectivity index (χ1v) is 13.2. The zero-order valence-corrected chi connectivity index (χ0v) is 21.6. The normalized spacial score (nSPS) is 39.0. The molecule has 3 rings (SSSR count). The minimum atomic E-state index is -0.351. The van der Waals surface area contributed by atoms with E-state index in [2.05, 4.69) is 67.2 Å². The fraction of sp³-hybridized carbons (Fsp3) is 0.800. The van der Waals surface area contributed by atoms with Crippen LogP contribution in [0.25, 0.3) is 0 Å². The van der Waals surface area contributed by atoms with Gasteiger partial charge in [-0.15, -0.1) is 0 Å². The molecule has 3 fully saturated rings. The quantitative estimate of drug-likeness (QED) is 0.437. The fourth-order valence-electron chi connectivity index (χ4n) is 7.14. The van der Waals surface area contributed by atoms with Gasteiger partial charge in [0, 0.05) is 0 Å². The molecule has 1 nitrogen and oxygen atoms in total. The Morgan fingerprint density at radius 3 is 2.52 bits per heavy atom. The van der Waals surface area contributed by atoms with Gasteiger partial charge in [-0.1, -0.05) is 78.3 Å². The van der Waals surface area contributed by atoms with Gasteiger partial charge in [0.2, 0.25) is 0 Å². The van der Waals surface area contributed by atoms with Crippen LogP contribution >= 0.6 is 0 Å². The van der Waals surface area contributed by atoms with Crippen molar-refractivity contribution >= 4 is 0 Å². The smallest absolute Gasteiger partial charge is 0.0787 e. The van der Waals surface area contributed by atoms with Crippen molar-refractivity contribution in [2.75, 3.05) is 0 Å². The Kier molecular flexibility index (Phi) is 7.67. The van der Waals surface area contributed by atoms with Crippen LogP contribution < -0.4 is 0 Å². The molecule has 0 aromatic rings. The number of aliphatic hydroxyl groups excluding tert-OH is 1. The molecule has 0 spiro atoms. The molecule has 0 heterocycles. The molecule has 0 amide bonds. The molecular weight excluding hydrogens is 376 g/mol. The van der Waals surface area contributed by atoms with Gasteiger partial charge in [0.1, 0.15) is 0 Å². The van der Waals surface area contributed by atoms with Crippen molar-refractivity contribution in [3.05, 3.63) is 35.5 Å². The Morgan fingerprint density at radius 1 is 1.16 bits per heavy atom. The predicted molar refractivity (Wildman–Crippen MR) is 135 cm³/mol. The summed E-state index contributed by atoms with van der Waals surface area (Å²) in [7, 11) is 0. The Balaban J connectivity index is 1.71. The maximum Gasteiger partial charge on any atom is 0.0787 e. The van der Waals surface area contributed by atoms with Gasteiger partial charge in [-0.05, 0) is 104 Å². The predicted octanol–water partition coefficient (Wildman–Crippen LogP) is 8.50. The van der Waals surface area contributed by atoms with Gasteiger partial charge >= 0.3 is 0 Å². The van der Waals surface area contributed by atoms with Crippen LogP contribution in [0.2, 0.25) is 0 Å². The lowest BCUT2D eigenvalue weighted by atomic mass is 9.59. The van der Waals surface area contributed by atoms with Crippen LogP contribution in [0.5, 0.6) is 0 Å². The highest BCUT2D eigenvalue weighted by molar-refractivity contribution is 5.29. The molecule has 0 aromatic carbocycles. The third-order valence-corrected chi connectivity index (χ3v) is 9.54. The molecule has 0 aliphatic heterocycles. The molecule has 7 atom stereocenters. The number of fused-ring (bicyclic) bond motifs is 1. The van der Waals surface area contributed by atoms with Crippen molar-refractivity contribution in [1.29, 1.82) is 0 Å². The average Bonchev–Trinajstić information content (AvgIpc) is 3.04. The molecule has 0 aromatic heterocycles. The molecule has 6 unspecified atom stereocenters. The van der Waals surface area contributed by atoms with Crippen LogP contribution in [0.1, 0.15) is 106 Å². The second-order valence-electron chi connectivity index (χ2n) is 13.0. The van der Waals surface area contributed by atoms with Crippen molar-refractivity contribution in [1.82, 2.24) is 0 Å². The van der Waals surface area contributed by atoms with E-state index in [-0.39, 0.29) is 6.10 Å². The number of aliphatic hydroxyl groups is 1. The Hall–Kier alpha value is -0.820. The van der Waals surface area contributed by atoms with Crippen molar-refractivity contribution in [2.24, 2.45) is 40.4 Å². The van der Waals surface area contributed by atoms with E-state index in [4.69, 9.17) is 0 Å². The van der Waals surface area contributed by atoms with Gasteiger partial charge in [-0.25, -0.2) is 0 Å². The summed E-state index contributed by atoms with van der Waals surface area (Å²) in [5, 5.41) is 10.3. The van der Waals surface area contributed by atoms with Crippen molar-refractivity contribution in [3.63, 3.8) is 0 Å². The van der Waals surface area contributed by atoms with E-state index in [9.17, 15) is 5.11 Å². The second kappa shape index (κ2) is 9.58. The average molecular weight is 427 g/mol. The summed E-state index contributed by atoms with van der Waals surface area (Å²) in [6, 6.07) is 0. The van der Waals surface area contributed by atoms with Crippen LogP contribution in [0.4, 0.5) is 0 Å². The van der Waals surface area contributed by atoms with Crippen molar-refractivity contribution < 1.29 is 5.11 Å². The molecule has 3 aliphatic carbocycles. The lowest BCUT2D eigenvalue weighted by Crippen LogP contribution is -2.37. The van der Waals surface area contributed by atoms with E-state index < -0.39 is 0 Å². The van der Waals surface area contributed by atoms with Gasteiger partial charge in [0.25, 0.3) is 0 Å². The molecule has 3 aliphatic rings. The zero-order valence-electron chi connectivity index (χ0n) is 21.6. The van der Waals surface area contributed by atoms with Crippen LogP contribution in [0.15, 0.2) is 35.5 Å². The standard InChI is InChI=1S/C30H50O/c1-20(15-17-29(5,6)7)22(3)26-13-14-27-25(10-9-16-30(26,27)8)12-11-24-18-21(2)23(4)28(31)19-24/h11-12,20-22,26-28,31H,4,9-10,13-19H2,1-3,5-8H3/b24-11-,25-12+/t20?,21-,22?,26?,27?,28?,30?/m1/s1. The summed E-state index contributed by atoms with van der Waals surface area (Å²) in [5.41, 5.74) is 5.05. The number of allylic oxidation sites excluding steroid dienone is 3. The number of rotatable bonds is 5. The molecule has 0 saturated heterocycles. The summed E-state index contributed by atoms with van der Waals surface area (Å²) in [4.78, 5) is 0. The highest BCUT2D eigenvalue weighted by atomic mass is 16.3. The molecule has 0 radical (unpaired) electrons. The summed E-state index contributed by atoms with van der Waals surface area (Å²) in [6.07, 6.45) is 15.8. The number of hydrogen-bond acceptors (Lipinski definition) is 1. The van der Waals surface area contributed by atoms with Crippen LogP contribution in [0.3, 0.4) is 0 Å². The Bertz CT molecular complexity index is 688. The molecule has 1 N–H and O–H groups in total. The highest BCUT2D eigenvalue weighted by Crippen LogP contribution is 2.60. The maximum atomic E-state index is 10.3. The number of hydrogen-bond donors (Lipinski definition) is 1. The third-order valence-electron chi connectivity index (χ3n) is 9.54. The topological polar surface area (TPSA) is 20.2 Å². The van der Waals surface area contributed by atoms with Gasteiger partial charge in [0.05, 0.1) is 6.10 Å². The van der Waals surface area contributed by atoms with Crippen molar-refractivity contribution in [3.8, 4) is 0 Å². The molecule has 3 saturated carbocycles. The van der Waals surface area contributed by atoms with E-state index in [1.165, 1.54) is 50.5 Å². The molecular formula is C30H50O. The molecule has 0 bridgehead atoms. The van der Waals surface area contributed by atoms with Gasteiger partial charge in [0.15, 0.2) is 0 Å². The minimum absolute atomic E-state index is 0.351. The third kappa shape index (κ3) is 5.58. The van der Waals surface area contributed by atoms with E-state index in [0.717, 1.165) is 42.1 Å². The van der Waals surface area contributed by atoms with E-state index in [0.29, 0.717) is 16.7 Å². The first-order chi connectivity index (χ1) is 14.4. The Labute approximate surface area is 193 Å². The van der Waals surface area contributed by atoms with E-state index >= 15 is 0 Å². The van der Waals surface area contributed by atoms with Gasteiger partial charge in [-0.2, -0.15) is 0 Å². The van der Waals surface area contributed by atoms with Crippen LogP contribution in [0, 0.1) is 40.4 Å². The maximum absolute atomic E-state index is 10.3. The summed E-state index contributed by atoms with van der Waals surface area (Å²) in [6.45, 7) is 21.1. The SMILES string of the molecule is C=C1C(O)C/C(=C\C=C2/CCCC3(C)C2CCC3C(C)C(C)CCC(C)(C)C)C[C@H]1C. The largest absolute Gasteiger partial charge is 0.388 e. The molecule has 1 heteroatoms. The van der Waals surface area contributed by atoms with Gasteiger partial charge in [-0.3, -0.25) is 0 Å². The van der Waals surface area contributed by atoms with E-state index in [1.54, 1.807) is 5.57 Å². The molecule has 176 valence electrons.